The molecule has 0 saturated carbocycles. The molecule has 0 aliphatic heterocycles. The molecule has 0 radical (unpaired) electrons. The van der Waals surface area contributed by atoms with Crippen LogP contribution in [0, 0.1) is 6.92 Å². The van der Waals surface area contributed by atoms with Crippen LogP contribution < -0.4 is 5.32 Å². The number of nitrogens with zero attached hydrogens (tertiary/aromatic N) is 3. The van der Waals surface area contributed by atoms with Crippen molar-refractivity contribution in [1.29, 1.82) is 0 Å². The third-order valence-electron chi connectivity index (χ3n) is 3.56. The largest absolute Gasteiger partial charge is 0.394 e. The third-order valence-corrected chi connectivity index (χ3v) is 3.56. The number of aliphatic hydroxyl groups is 1. The lowest BCUT2D eigenvalue weighted by atomic mass is 10.1. The molecule has 0 fully saturated rings. The highest BCUT2D eigenvalue weighted by Gasteiger charge is 2.09. The van der Waals surface area contributed by atoms with Crippen molar-refractivity contribution in [2.45, 2.75) is 6.92 Å². The van der Waals surface area contributed by atoms with Gasteiger partial charge in [-0.15, -0.1) is 0 Å². The number of fused-ring (bicyclic) bond motifs is 1. The van der Waals surface area contributed by atoms with E-state index in [2.05, 4.69) is 26.3 Å². The van der Waals surface area contributed by atoms with Crippen LogP contribution in [0.3, 0.4) is 0 Å². The lowest BCUT2D eigenvalue weighted by Crippen LogP contribution is -2.13. The fourth-order valence-electron chi connectivity index (χ4n) is 2.42. The fraction of sp³-hybridized carbons (Fsp3) is 0.278. The first-order chi connectivity index (χ1) is 11.8. The van der Waals surface area contributed by atoms with Gasteiger partial charge in [-0.2, -0.15) is 0 Å². The molecule has 1 aromatic carbocycles. The normalized spacial score (nSPS) is 10.9. The zero-order valence-electron chi connectivity index (χ0n) is 13.6. The SMILES string of the molecule is Cc1ccc2nc(-c3ccncc3)nc(NCCOCCO)c2c1. The summed E-state index contributed by atoms with van der Waals surface area (Å²) in [5, 5.41) is 13.0. The average molecular weight is 324 g/mol. The highest BCUT2D eigenvalue weighted by molar-refractivity contribution is 5.91. The predicted octanol–water partition coefficient (Wildman–Crippen LogP) is 2.42. The Morgan fingerprint density at radius 1 is 1.08 bits per heavy atom. The molecule has 2 aromatic heterocycles. The maximum absolute atomic E-state index is 8.75. The van der Waals surface area contributed by atoms with Crippen LogP contribution in [-0.2, 0) is 4.74 Å². The van der Waals surface area contributed by atoms with E-state index in [0.29, 0.717) is 25.6 Å². The summed E-state index contributed by atoms with van der Waals surface area (Å²) in [6.07, 6.45) is 3.46. The number of hydrogen-bond acceptors (Lipinski definition) is 6. The van der Waals surface area contributed by atoms with Gasteiger partial charge in [0.05, 0.1) is 25.3 Å². The number of nitrogens with one attached hydrogen (secondary N) is 1. The Hall–Kier alpha value is -2.57. The molecule has 3 rings (SSSR count). The van der Waals surface area contributed by atoms with Gasteiger partial charge in [0.15, 0.2) is 5.82 Å². The average Bonchev–Trinajstić information content (AvgIpc) is 2.62. The predicted molar refractivity (Wildman–Crippen MR) is 93.9 cm³/mol. The molecule has 0 aliphatic carbocycles. The van der Waals surface area contributed by atoms with E-state index in [-0.39, 0.29) is 6.61 Å². The van der Waals surface area contributed by atoms with E-state index in [1.54, 1.807) is 12.4 Å². The van der Waals surface area contributed by atoms with Gasteiger partial charge in [-0.25, -0.2) is 9.97 Å². The first-order valence-corrected chi connectivity index (χ1v) is 7.89. The van der Waals surface area contributed by atoms with Crippen LogP contribution in [0.25, 0.3) is 22.3 Å². The van der Waals surface area contributed by atoms with Gasteiger partial charge in [0.2, 0.25) is 0 Å². The van der Waals surface area contributed by atoms with Gasteiger partial charge in [-0.1, -0.05) is 11.6 Å². The first-order valence-electron chi connectivity index (χ1n) is 7.89. The van der Waals surface area contributed by atoms with Crippen LogP contribution in [-0.4, -0.2) is 46.4 Å². The van der Waals surface area contributed by atoms with E-state index in [1.807, 2.05) is 31.2 Å². The van der Waals surface area contributed by atoms with E-state index in [0.717, 1.165) is 27.8 Å². The van der Waals surface area contributed by atoms with Crippen molar-refractivity contribution in [1.82, 2.24) is 15.0 Å². The summed E-state index contributed by atoms with van der Waals surface area (Å²) in [5.74, 6) is 1.44. The number of rotatable bonds is 7. The number of hydrogen-bond donors (Lipinski definition) is 2. The molecule has 24 heavy (non-hydrogen) atoms. The van der Waals surface area contributed by atoms with Crippen LogP contribution in [0.15, 0.2) is 42.7 Å². The Morgan fingerprint density at radius 3 is 2.71 bits per heavy atom. The Kier molecular flexibility index (Phi) is 5.30. The second kappa shape index (κ2) is 7.81. The number of benzene rings is 1. The van der Waals surface area contributed by atoms with Crippen molar-refractivity contribution in [2.75, 3.05) is 31.7 Å². The summed E-state index contributed by atoms with van der Waals surface area (Å²) in [7, 11) is 0. The Balaban J connectivity index is 1.93. The molecule has 0 saturated heterocycles. The van der Waals surface area contributed by atoms with E-state index in [4.69, 9.17) is 9.84 Å². The molecule has 6 nitrogen and oxygen atoms in total. The number of anilines is 1. The third kappa shape index (κ3) is 3.84. The molecule has 2 N–H and O–H groups in total. The Labute approximate surface area is 140 Å². The summed E-state index contributed by atoms with van der Waals surface area (Å²) in [5.41, 5.74) is 2.97. The first kappa shape index (κ1) is 16.3. The topological polar surface area (TPSA) is 80.2 Å². The maximum atomic E-state index is 8.75. The second-order valence-corrected chi connectivity index (χ2v) is 5.42. The van der Waals surface area contributed by atoms with Crippen molar-refractivity contribution in [3.8, 4) is 11.4 Å². The number of aromatic nitrogens is 3. The van der Waals surface area contributed by atoms with Crippen molar-refractivity contribution in [2.24, 2.45) is 0 Å². The molecule has 0 aliphatic rings. The highest BCUT2D eigenvalue weighted by atomic mass is 16.5. The zero-order chi connectivity index (χ0) is 16.8. The molecular weight excluding hydrogens is 304 g/mol. The molecule has 0 unspecified atom stereocenters. The quantitative estimate of drug-likeness (QED) is 0.650. The van der Waals surface area contributed by atoms with Gasteiger partial charge in [-0.05, 0) is 31.2 Å². The lowest BCUT2D eigenvalue weighted by Gasteiger charge is -2.11. The number of pyridine rings is 1. The lowest BCUT2D eigenvalue weighted by molar-refractivity contribution is 0.0992. The van der Waals surface area contributed by atoms with Crippen molar-refractivity contribution in [3.63, 3.8) is 0 Å². The minimum Gasteiger partial charge on any atom is -0.394 e. The summed E-state index contributed by atoms with van der Waals surface area (Å²) < 4.78 is 5.29. The summed E-state index contributed by atoms with van der Waals surface area (Å²) in [6.45, 7) is 3.53. The molecule has 124 valence electrons. The second-order valence-electron chi connectivity index (χ2n) is 5.42. The van der Waals surface area contributed by atoms with Crippen molar-refractivity contribution >= 4 is 16.7 Å². The monoisotopic (exact) mass is 324 g/mol. The summed E-state index contributed by atoms with van der Waals surface area (Å²) in [4.78, 5) is 13.4. The van der Waals surface area contributed by atoms with Crippen LogP contribution in [0.1, 0.15) is 5.56 Å². The molecule has 0 spiro atoms. The van der Waals surface area contributed by atoms with Gasteiger partial charge in [0, 0.05) is 29.9 Å². The van der Waals surface area contributed by atoms with Gasteiger partial charge >= 0.3 is 0 Å². The van der Waals surface area contributed by atoms with E-state index >= 15 is 0 Å². The van der Waals surface area contributed by atoms with Gasteiger partial charge in [0.1, 0.15) is 5.82 Å². The zero-order valence-corrected chi connectivity index (χ0v) is 13.6. The van der Waals surface area contributed by atoms with Crippen molar-refractivity contribution in [3.05, 3.63) is 48.3 Å². The standard InChI is InChI=1S/C18H20N4O2/c1-13-2-3-16-15(12-13)18(20-8-10-24-11-9-23)22-17(21-16)14-4-6-19-7-5-14/h2-7,12,23H,8-11H2,1H3,(H,20,21,22). The van der Waals surface area contributed by atoms with Crippen LogP contribution in [0.4, 0.5) is 5.82 Å². The molecule has 0 atom stereocenters. The molecule has 6 heteroatoms. The molecular formula is C18H20N4O2. The van der Waals surface area contributed by atoms with Crippen molar-refractivity contribution < 1.29 is 9.84 Å². The minimum absolute atomic E-state index is 0.0296. The molecule has 3 aromatic rings. The van der Waals surface area contributed by atoms with E-state index in [1.165, 1.54) is 0 Å². The number of aryl methyl sites for hydroxylation is 1. The van der Waals surface area contributed by atoms with E-state index in [9.17, 15) is 0 Å². The van der Waals surface area contributed by atoms with E-state index < -0.39 is 0 Å². The molecule has 0 bridgehead atoms. The smallest absolute Gasteiger partial charge is 0.162 e. The van der Waals surface area contributed by atoms with Gasteiger partial charge < -0.3 is 15.2 Å². The highest BCUT2D eigenvalue weighted by Crippen LogP contribution is 2.25. The fourth-order valence-corrected chi connectivity index (χ4v) is 2.42. The van der Waals surface area contributed by atoms with Crippen LogP contribution >= 0.6 is 0 Å². The summed E-state index contributed by atoms with van der Waals surface area (Å²) in [6, 6.07) is 9.90. The Morgan fingerprint density at radius 2 is 1.92 bits per heavy atom. The number of ether oxygens (including phenoxy) is 1. The Bertz CT molecular complexity index is 809. The minimum atomic E-state index is 0.0296. The van der Waals surface area contributed by atoms with Crippen LogP contribution in [0.2, 0.25) is 0 Å². The molecule has 2 heterocycles. The van der Waals surface area contributed by atoms with Crippen LogP contribution in [0.5, 0.6) is 0 Å². The van der Waals surface area contributed by atoms with Gasteiger partial charge in [-0.3, -0.25) is 4.98 Å². The number of aliphatic hydroxyl groups excluding tert-OH is 1. The maximum Gasteiger partial charge on any atom is 0.162 e. The molecule has 0 amide bonds. The van der Waals surface area contributed by atoms with Gasteiger partial charge in [0.25, 0.3) is 0 Å². The summed E-state index contributed by atoms with van der Waals surface area (Å²) >= 11 is 0.